The van der Waals surface area contributed by atoms with Crippen LogP contribution in [-0.4, -0.2) is 43.1 Å². The van der Waals surface area contributed by atoms with Crippen LogP contribution in [0.1, 0.15) is 42.5 Å². The average molecular weight is 340 g/mol. The molecule has 1 atom stereocenters. The van der Waals surface area contributed by atoms with E-state index in [2.05, 4.69) is 20.0 Å². The van der Waals surface area contributed by atoms with Gasteiger partial charge in [-0.15, -0.1) is 0 Å². The molecule has 23 heavy (non-hydrogen) atoms. The number of amides is 1. The summed E-state index contributed by atoms with van der Waals surface area (Å²) in [6, 6.07) is -0.795. The number of aromatic nitrogens is 2. The normalized spacial score (nSPS) is 15.8. The van der Waals surface area contributed by atoms with Crippen molar-refractivity contribution >= 4 is 15.9 Å². The van der Waals surface area contributed by atoms with Crippen LogP contribution in [0.4, 0.5) is 0 Å². The largest absolute Gasteiger partial charge is 0.354 e. The van der Waals surface area contributed by atoms with Gasteiger partial charge in [0.25, 0.3) is 0 Å². The van der Waals surface area contributed by atoms with Gasteiger partial charge in [-0.2, -0.15) is 0 Å². The van der Waals surface area contributed by atoms with Gasteiger partial charge in [0.05, 0.1) is 12.3 Å². The van der Waals surface area contributed by atoms with Crippen LogP contribution in [-0.2, 0) is 34.1 Å². The second kappa shape index (κ2) is 7.35. The van der Waals surface area contributed by atoms with Gasteiger partial charge in [-0.3, -0.25) is 4.79 Å². The highest BCUT2D eigenvalue weighted by atomic mass is 32.2. The van der Waals surface area contributed by atoms with Gasteiger partial charge in [0.1, 0.15) is 5.82 Å². The molecule has 1 heterocycles. The van der Waals surface area contributed by atoms with Crippen LogP contribution < -0.4 is 10.0 Å². The molecule has 128 valence electrons. The van der Waals surface area contributed by atoms with Crippen LogP contribution in [0.25, 0.3) is 0 Å². The molecule has 0 radical (unpaired) electrons. The molecule has 7 nitrogen and oxygen atoms in total. The first-order valence-electron chi connectivity index (χ1n) is 7.86. The molecule has 0 saturated carbocycles. The molecule has 0 spiro atoms. The van der Waals surface area contributed by atoms with Crippen molar-refractivity contribution in [1.29, 1.82) is 0 Å². The Labute approximate surface area is 137 Å². The summed E-state index contributed by atoms with van der Waals surface area (Å²) in [5.74, 6) is 0.372. The fraction of sp³-hybridized carbons (Fsp3) is 0.667. The van der Waals surface area contributed by atoms with E-state index >= 15 is 0 Å². The third-order valence-electron chi connectivity index (χ3n) is 3.87. The summed E-state index contributed by atoms with van der Waals surface area (Å²) >= 11 is 0. The Hall–Kier alpha value is -1.54. The molecule has 8 heteroatoms. The van der Waals surface area contributed by atoms with Crippen molar-refractivity contribution in [2.45, 2.75) is 52.0 Å². The maximum atomic E-state index is 11.8. The van der Waals surface area contributed by atoms with Gasteiger partial charge in [-0.25, -0.2) is 23.1 Å². The predicted octanol–water partition coefficient (Wildman–Crippen LogP) is 0.260. The molecular weight excluding hydrogens is 316 g/mol. The molecule has 2 rings (SSSR count). The minimum Gasteiger partial charge on any atom is -0.354 e. The Morgan fingerprint density at radius 2 is 1.96 bits per heavy atom. The van der Waals surface area contributed by atoms with Gasteiger partial charge in [0, 0.05) is 24.4 Å². The van der Waals surface area contributed by atoms with Crippen LogP contribution in [0.3, 0.4) is 0 Å². The topological polar surface area (TPSA) is 101 Å². The molecule has 1 aliphatic carbocycles. The van der Waals surface area contributed by atoms with Gasteiger partial charge in [-0.1, -0.05) is 0 Å². The van der Waals surface area contributed by atoms with E-state index in [1.807, 2.05) is 6.92 Å². The first-order valence-corrected chi connectivity index (χ1v) is 9.75. The highest BCUT2D eigenvalue weighted by Crippen LogP contribution is 2.21. The summed E-state index contributed by atoms with van der Waals surface area (Å²) in [5, 5.41) is 2.71. The highest BCUT2D eigenvalue weighted by molar-refractivity contribution is 7.88. The van der Waals surface area contributed by atoms with E-state index in [9.17, 15) is 13.2 Å². The first kappa shape index (κ1) is 17.8. The quantitative estimate of drug-likeness (QED) is 0.773. The molecule has 1 aromatic rings. The van der Waals surface area contributed by atoms with E-state index < -0.39 is 16.1 Å². The Balaban J connectivity index is 1.89. The van der Waals surface area contributed by atoms with Crippen molar-refractivity contribution in [1.82, 2.24) is 20.0 Å². The van der Waals surface area contributed by atoms with Gasteiger partial charge in [0.15, 0.2) is 0 Å². The maximum absolute atomic E-state index is 11.8. The number of rotatable bonds is 6. The van der Waals surface area contributed by atoms with E-state index in [1.165, 1.54) is 18.9 Å². The SMILES string of the molecule is Cc1nc(CCNC(=O)C(C)NS(C)(=O)=O)nc2c1CCCC2. The Morgan fingerprint density at radius 3 is 2.65 bits per heavy atom. The minimum atomic E-state index is -3.40. The summed E-state index contributed by atoms with van der Waals surface area (Å²) in [6.07, 6.45) is 5.96. The average Bonchev–Trinajstić information content (AvgIpc) is 2.45. The molecule has 1 aliphatic rings. The lowest BCUT2D eigenvalue weighted by Gasteiger charge is -2.17. The molecule has 1 amide bonds. The van der Waals surface area contributed by atoms with Crippen LogP contribution in [0.15, 0.2) is 0 Å². The number of hydrogen-bond acceptors (Lipinski definition) is 5. The van der Waals surface area contributed by atoms with E-state index in [1.54, 1.807) is 0 Å². The van der Waals surface area contributed by atoms with Crippen molar-refractivity contribution in [3.63, 3.8) is 0 Å². The monoisotopic (exact) mass is 340 g/mol. The van der Waals surface area contributed by atoms with E-state index in [-0.39, 0.29) is 5.91 Å². The van der Waals surface area contributed by atoms with Crippen LogP contribution >= 0.6 is 0 Å². The molecule has 1 aromatic heterocycles. The van der Waals surface area contributed by atoms with Crippen molar-refractivity contribution in [3.05, 3.63) is 22.8 Å². The number of nitrogens with one attached hydrogen (secondary N) is 2. The van der Waals surface area contributed by atoms with Gasteiger partial charge in [-0.05, 0) is 45.1 Å². The third-order valence-corrected chi connectivity index (χ3v) is 4.65. The molecule has 0 fully saturated rings. The Kier molecular flexibility index (Phi) is 5.69. The van der Waals surface area contributed by atoms with Gasteiger partial charge in [0.2, 0.25) is 15.9 Å². The van der Waals surface area contributed by atoms with Crippen molar-refractivity contribution in [3.8, 4) is 0 Å². The van der Waals surface area contributed by atoms with E-state index in [4.69, 9.17) is 0 Å². The molecular formula is C15H24N4O3S. The number of nitrogens with zero attached hydrogens (tertiary/aromatic N) is 2. The molecule has 0 saturated heterocycles. The number of carbonyl (C=O) groups is 1. The fourth-order valence-electron chi connectivity index (χ4n) is 2.78. The Morgan fingerprint density at radius 1 is 1.26 bits per heavy atom. The highest BCUT2D eigenvalue weighted by Gasteiger charge is 2.17. The van der Waals surface area contributed by atoms with E-state index in [0.29, 0.717) is 13.0 Å². The second-order valence-corrected chi connectivity index (χ2v) is 7.79. The first-order chi connectivity index (χ1) is 10.8. The lowest BCUT2D eigenvalue weighted by atomic mass is 9.95. The zero-order valence-corrected chi connectivity index (χ0v) is 14.7. The third kappa shape index (κ3) is 5.24. The molecule has 2 N–H and O–H groups in total. The lowest BCUT2D eigenvalue weighted by Crippen LogP contribution is -2.44. The summed E-state index contributed by atoms with van der Waals surface area (Å²) in [4.78, 5) is 20.9. The predicted molar refractivity (Wildman–Crippen MR) is 87.6 cm³/mol. The number of hydrogen-bond donors (Lipinski definition) is 2. The Bertz CT molecular complexity index is 688. The van der Waals surface area contributed by atoms with Crippen LogP contribution in [0, 0.1) is 6.92 Å². The smallest absolute Gasteiger partial charge is 0.237 e. The maximum Gasteiger partial charge on any atom is 0.237 e. The standard InChI is InChI=1S/C15H24N4O3S/c1-10-12-6-4-5-7-13(12)18-14(17-10)8-9-16-15(20)11(2)19-23(3,21)22/h11,19H,4-9H2,1-3H3,(H,16,20). The summed E-state index contributed by atoms with van der Waals surface area (Å²) < 4.78 is 24.5. The number of fused-ring (bicyclic) bond motifs is 1. The molecule has 0 aromatic carbocycles. The van der Waals surface area contributed by atoms with Gasteiger partial charge >= 0.3 is 0 Å². The number of carbonyl (C=O) groups excluding carboxylic acids is 1. The molecule has 0 bridgehead atoms. The zero-order valence-electron chi connectivity index (χ0n) is 13.8. The fourth-order valence-corrected chi connectivity index (χ4v) is 3.53. The summed E-state index contributed by atoms with van der Waals surface area (Å²) in [6.45, 7) is 3.90. The van der Waals surface area contributed by atoms with Crippen molar-refractivity contribution in [2.75, 3.05) is 12.8 Å². The second-order valence-electron chi connectivity index (χ2n) is 6.01. The van der Waals surface area contributed by atoms with Gasteiger partial charge < -0.3 is 5.32 Å². The lowest BCUT2D eigenvalue weighted by molar-refractivity contribution is -0.122. The zero-order chi connectivity index (χ0) is 17.0. The van der Waals surface area contributed by atoms with Crippen molar-refractivity contribution < 1.29 is 13.2 Å². The van der Waals surface area contributed by atoms with E-state index in [0.717, 1.165) is 42.7 Å². The number of aryl methyl sites for hydroxylation is 2. The van der Waals surface area contributed by atoms with Crippen LogP contribution in [0.5, 0.6) is 0 Å². The van der Waals surface area contributed by atoms with Crippen LogP contribution in [0.2, 0.25) is 0 Å². The summed E-state index contributed by atoms with van der Waals surface area (Å²) in [5.41, 5.74) is 3.44. The summed E-state index contributed by atoms with van der Waals surface area (Å²) in [7, 11) is -3.40. The van der Waals surface area contributed by atoms with Crippen molar-refractivity contribution in [2.24, 2.45) is 0 Å². The number of sulfonamides is 1. The minimum absolute atomic E-state index is 0.356. The molecule has 0 aliphatic heterocycles. The molecule has 1 unspecified atom stereocenters.